The van der Waals surface area contributed by atoms with Gasteiger partial charge in [-0.1, -0.05) is 20.8 Å². The number of halogens is 4. The smallest absolute Gasteiger partial charge is 0.305 e. The molecule has 1 N–H and O–H groups in total. The summed E-state index contributed by atoms with van der Waals surface area (Å²) in [6.07, 6.45) is -3.61. The minimum atomic E-state index is -4.16. The van der Waals surface area contributed by atoms with Gasteiger partial charge in [-0.05, 0) is 11.8 Å². The second kappa shape index (κ2) is 5.21. The Morgan fingerprint density at radius 2 is 1.71 bits per heavy atom. The lowest BCUT2D eigenvalue weighted by Crippen LogP contribution is -2.44. The van der Waals surface area contributed by atoms with Crippen molar-refractivity contribution in [2.75, 3.05) is 12.4 Å². The summed E-state index contributed by atoms with van der Waals surface area (Å²) in [5.74, 6) is 0.368. The maximum Gasteiger partial charge on any atom is 0.401 e. The van der Waals surface area contributed by atoms with Gasteiger partial charge in [0.25, 0.3) is 0 Å². The van der Waals surface area contributed by atoms with Gasteiger partial charge in [0.05, 0.1) is 6.54 Å². The molecule has 0 aromatic rings. The monoisotopic (exact) mass is 231 g/mol. The number of hydrogen-bond acceptors (Lipinski definition) is 1. The molecule has 0 saturated carbocycles. The summed E-state index contributed by atoms with van der Waals surface area (Å²) in [6.45, 7) is 4.74. The lowest BCUT2D eigenvalue weighted by molar-refractivity contribution is -0.127. The molecule has 1 unspecified atom stereocenters. The molecule has 0 spiro atoms. The molecule has 0 heterocycles. The lowest BCUT2D eigenvalue weighted by Gasteiger charge is -2.31. The van der Waals surface area contributed by atoms with E-state index in [0.717, 1.165) is 0 Å². The van der Waals surface area contributed by atoms with Crippen LogP contribution >= 0.6 is 11.6 Å². The van der Waals surface area contributed by atoms with Crippen molar-refractivity contribution in [1.29, 1.82) is 0 Å². The third-order valence-corrected chi connectivity index (χ3v) is 2.21. The van der Waals surface area contributed by atoms with Crippen molar-refractivity contribution in [2.45, 2.75) is 39.4 Å². The average molecular weight is 232 g/mol. The Morgan fingerprint density at radius 3 is 2.00 bits per heavy atom. The maximum absolute atomic E-state index is 11.9. The summed E-state index contributed by atoms with van der Waals surface area (Å²) in [4.78, 5) is 0. The van der Waals surface area contributed by atoms with Crippen LogP contribution in [0.5, 0.6) is 0 Å². The first-order valence-electron chi connectivity index (χ1n) is 4.53. The topological polar surface area (TPSA) is 12.0 Å². The number of nitrogens with one attached hydrogen (secondary N) is 1. The van der Waals surface area contributed by atoms with Crippen molar-refractivity contribution in [2.24, 2.45) is 5.41 Å². The Labute approximate surface area is 88.0 Å². The second-order valence-electron chi connectivity index (χ2n) is 4.39. The standard InChI is InChI=1S/C9H17ClF3N/c1-8(2,3)7(4-5-10)14-6-9(11,12)13/h7,14H,4-6H2,1-3H3. The molecule has 0 aromatic carbocycles. The summed E-state index contributed by atoms with van der Waals surface area (Å²) in [5, 5.41) is 2.49. The third kappa shape index (κ3) is 6.49. The molecular formula is C9H17ClF3N. The van der Waals surface area contributed by atoms with E-state index in [9.17, 15) is 13.2 Å². The van der Waals surface area contributed by atoms with Gasteiger partial charge in [0, 0.05) is 11.9 Å². The molecule has 0 radical (unpaired) electrons. The van der Waals surface area contributed by atoms with Crippen LogP contribution in [0, 0.1) is 5.41 Å². The molecule has 0 aliphatic carbocycles. The van der Waals surface area contributed by atoms with Crippen LogP contribution in [0.15, 0.2) is 0 Å². The van der Waals surface area contributed by atoms with Gasteiger partial charge in [0.2, 0.25) is 0 Å². The molecule has 14 heavy (non-hydrogen) atoms. The first-order chi connectivity index (χ1) is 6.17. The normalized spacial score (nSPS) is 15.6. The minimum absolute atomic E-state index is 0.207. The number of alkyl halides is 4. The fourth-order valence-corrected chi connectivity index (χ4v) is 1.41. The van der Waals surface area contributed by atoms with Crippen molar-refractivity contribution in [3.05, 3.63) is 0 Å². The highest BCUT2D eigenvalue weighted by Crippen LogP contribution is 2.23. The maximum atomic E-state index is 11.9. The second-order valence-corrected chi connectivity index (χ2v) is 4.77. The zero-order valence-electron chi connectivity index (χ0n) is 8.71. The summed E-state index contributed by atoms with van der Waals surface area (Å²) in [6, 6.07) is -0.207. The Bertz CT molecular complexity index is 162. The van der Waals surface area contributed by atoms with Gasteiger partial charge < -0.3 is 5.32 Å². The van der Waals surface area contributed by atoms with E-state index in [-0.39, 0.29) is 11.5 Å². The fraction of sp³-hybridized carbons (Fsp3) is 1.00. The van der Waals surface area contributed by atoms with E-state index in [4.69, 9.17) is 11.6 Å². The zero-order valence-corrected chi connectivity index (χ0v) is 9.47. The highest BCUT2D eigenvalue weighted by molar-refractivity contribution is 6.17. The fourth-order valence-electron chi connectivity index (χ4n) is 1.19. The van der Waals surface area contributed by atoms with E-state index in [1.807, 2.05) is 20.8 Å². The third-order valence-electron chi connectivity index (χ3n) is 1.99. The Morgan fingerprint density at radius 1 is 1.21 bits per heavy atom. The van der Waals surface area contributed by atoms with Gasteiger partial charge in [-0.3, -0.25) is 0 Å². The van der Waals surface area contributed by atoms with Crippen LogP contribution in [-0.2, 0) is 0 Å². The molecule has 0 aliphatic rings. The van der Waals surface area contributed by atoms with E-state index in [2.05, 4.69) is 5.32 Å². The van der Waals surface area contributed by atoms with E-state index in [1.54, 1.807) is 0 Å². The van der Waals surface area contributed by atoms with Gasteiger partial charge >= 0.3 is 6.18 Å². The molecule has 0 fully saturated rings. The lowest BCUT2D eigenvalue weighted by atomic mass is 9.85. The van der Waals surface area contributed by atoms with Gasteiger partial charge in [-0.15, -0.1) is 11.6 Å². The predicted octanol–water partition coefficient (Wildman–Crippen LogP) is 3.18. The molecule has 0 aliphatic heterocycles. The molecule has 0 amide bonds. The highest BCUT2D eigenvalue weighted by atomic mass is 35.5. The molecule has 0 bridgehead atoms. The van der Waals surface area contributed by atoms with Crippen LogP contribution < -0.4 is 5.32 Å². The minimum Gasteiger partial charge on any atom is -0.305 e. The molecule has 1 atom stereocenters. The quantitative estimate of drug-likeness (QED) is 0.733. The van der Waals surface area contributed by atoms with Crippen LogP contribution in [-0.4, -0.2) is 24.6 Å². The van der Waals surface area contributed by atoms with E-state index in [1.165, 1.54) is 0 Å². The molecule has 0 rings (SSSR count). The predicted molar refractivity (Wildman–Crippen MR) is 52.6 cm³/mol. The van der Waals surface area contributed by atoms with Crippen LogP contribution in [0.3, 0.4) is 0 Å². The van der Waals surface area contributed by atoms with Crippen LogP contribution in [0.4, 0.5) is 13.2 Å². The molecule has 0 saturated heterocycles. The average Bonchev–Trinajstić information content (AvgIpc) is 1.93. The summed E-state index contributed by atoms with van der Waals surface area (Å²) in [7, 11) is 0. The largest absolute Gasteiger partial charge is 0.401 e. The van der Waals surface area contributed by atoms with Crippen molar-refractivity contribution < 1.29 is 13.2 Å². The molecule has 86 valence electrons. The molecule has 0 aromatic heterocycles. The SMILES string of the molecule is CC(C)(C)C(CCCl)NCC(F)(F)F. The van der Waals surface area contributed by atoms with Crippen molar-refractivity contribution in [1.82, 2.24) is 5.32 Å². The number of rotatable bonds is 4. The van der Waals surface area contributed by atoms with Crippen molar-refractivity contribution in [3.8, 4) is 0 Å². The van der Waals surface area contributed by atoms with Crippen molar-refractivity contribution in [3.63, 3.8) is 0 Å². The van der Waals surface area contributed by atoms with E-state index >= 15 is 0 Å². The van der Waals surface area contributed by atoms with Crippen LogP contribution in [0.2, 0.25) is 0 Å². The Hall–Kier alpha value is 0.0400. The first kappa shape index (κ1) is 14.0. The number of hydrogen-bond donors (Lipinski definition) is 1. The van der Waals surface area contributed by atoms with Gasteiger partial charge in [0.1, 0.15) is 0 Å². The van der Waals surface area contributed by atoms with Gasteiger partial charge in [-0.25, -0.2) is 0 Å². The van der Waals surface area contributed by atoms with E-state index in [0.29, 0.717) is 12.3 Å². The zero-order chi connectivity index (χ0) is 11.4. The highest BCUT2D eigenvalue weighted by Gasteiger charge is 2.31. The summed E-state index contributed by atoms with van der Waals surface area (Å²) in [5.41, 5.74) is -0.208. The molecule has 1 nitrogen and oxygen atoms in total. The Balaban J connectivity index is 4.12. The molecular weight excluding hydrogens is 215 g/mol. The van der Waals surface area contributed by atoms with Crippen molar-refractivity contribution >= 4 is 11.6 Å². The van der Waals surface area contributed by atoms with Crippen LogP contribution in [0.25, 0.3) is 0 Å². The van der Waals surface area contributed by atoms with Crippen LogP contribution in [0.1, 0.15) is 27.2 Å². The molecule has 5 heteroatoms. The van der Waals surface area contributed by atoms with Gasteiger partial charge in [0.15, 0.2) is 0 Å². The summed E-state index contributed by atoms with van der Waals surface area (Å²) >= 11 is 5.53. The van der Waals surface area contributed by atoms with Gasteiger partial charge in [-0.2, -0.15) is 13.2 Å². The Kier molecular flexibility index (Phi) is 5.23. The van der Waals surface area contributed by atoms with E-state index < -0.39 is 12.7 Å². The summed E-state index contributed by atoms with van der Waals surface area (Å²) < 4.78 is 35.8. The first-order valence-corrected chi connectivity index (χ1v) is 5.06.